The molecule has 0 atom stereocenters. The van der Waals surface area contributed by atoms with Gasteiger partial charge in [0.2, 0.25) is 0 Å². The largest absolute Gasteiger partial charge is 0.573 e. The Morgan fingerprint density at radius 3 is 2.03 bits per heavy atom. The number of hydrogen-bond acceptors (Lipinski definition) is 3. The molecular weight excluding hydrogens is 458 g/mol. The Balaban J connectivity index is 2.76. The minimum atomic E-state index is -5.03. The van der Waals surface area contributed by atoms with Crippen molar-refractivity contribution in [2.75, 3.05) is 4.90 Å². The molecule has 0 aliphatic heterocycles. The van der Waals surface area contributed by atoms with Crippen molar-refractivity contribution in [2.45, 2.75) is 58.9 Å². The van der Waals surface area contributed by atoms with Gasteiger partial charge in [-0.1, -0.05) is 50.9 Å². The number of rotatable bonds is 4. The van der Waals surface area contributed by atoms with Crippen LogP contribution in [0.15, 0.2) is 12.1 Å². The Kier molecular flexibility index (Phi) is 6.57. The van der Waals surface area contributed by atoms with Crippen molar-refractivity contribution < 1.29 is 32.6 Å². The zero-order valence-electron chi connectivity index (χ0n) is 17.4. The molecule has 1 fully saturated rings. The Morgan fingerprint density at radius 2 is 1.61 bits per heavy atom. The quantitative estimate of drug-likeness (QED) is 0.544. The minimum absolute atomic E-state index is 0.0426. The van der Waals surface area contributed by atoms with Gasteiger partial charge in [0.1, 0.15) is 11.3 Å². The molecule has 0 heterocycles. The summed E-state index contributed by atoms with van der Waals surface area (Å²) in [5.41, 5.74) is -3.00. The van der Waals surface area contributed by atoms with Gasteiger partial charge in [-0.2, -0.15) is 0 Å². The monoisotopic (exact) mass is 479 g/mol. The number of nitrogens with zero attached hydrogens (tertiary/aromatic N) is 1. The first-order valence-electron chi connectivity index (χ1n) is 9.22. The third kappa shape index (κ3) is 5.39. The van der Waals surface area contributed by atoms with Crippen molar-refractivity contribution in [3.8, 4) is 18.1 Å². The molecule has 0 saturated heterocycles. The van der Waals surface area contributed by atoms with Crippen LogP contribution in [-0.2, 0) is 9.59 Å². The molecule has 1 N–H and O–H groups in total. The molecule has 5 nitrogen and oxygen atoms in total. The van der Waals surface area contributed by atoms with Crippen LogP contribution in [0.5, 0.6) is 5.75 Å². The van der Waals surface area contributed by atoms with E-state index in [0.717, 1.165) is 17.0 Å². The molecule has 0 aromatic heterocycles. The Hall–Kier alpha value is -2.11. The maximum absolute atomic E-state index is 12.8. The van der Waals surface area contributed by atoms with Crippen molar-refractivity contribution in [2.24, 2.45) is 10.8 Å². The Labute approximate surface area is 188 Å². The number of amides is 1. The summed E-state index contributed by atoms with van der Waals surface area (Å²) in [7, 11) is 0. The lowest BCUT2D eigenvalue weighted by atomic mass is 9.57. The van der Waals surface area contributed by atoms with Gasteiger partial charge in [0.25, 0.3) is 0 Å². The summed E-state index contributed by atoms with van der Waals surface area (Å²) in [5.74, 6) is -1.19. The molecule has 10 heteroatoms. The zero-order valence-corrected chi connectivity index (χ0v) is 18.9. The molecule has 0 unspecified atom stereocenters. The highest BCUT2D eigenvalue weighted by molar-refractivity contribution is 6.37. The van der Waals surface area contributed by atoms with Gasteiger partial charge >= 0.3 is 18.2 Å². The second-order valence-corrected chi connectivity index (χ2v) is 10.1. The highest BCUT2D eigenvalue weighted by Gasteiger charge is 2.57. The van der Waals surface area contributed by atoms with Crippen molar-refractivity contribution >= 4 is 40.8 Å². The fourth-order valence-electron chi connectivity index (χ4n) is 4.96. The van der Waals surface area contributed by atoms with Crippen LogP contribution >= 0.6 is 23.2 Å². The third-order valence-electron chi connectivity index (χ3n) is 5.12. The second kappa shape index (κ2) is 8.10. The lowest BCUT2D eigenvalue weighted by Gasteiger charge is -2.53. The summed E-state index contributed by atoms with van der Waals surface area (Å²) in [6.07, 6.45) is 1.07. The first-order valence-corrected chi connectivity index (χ1v) is 9.98. The van der Waals surface area contributed by atoms with E-state index in [-0.39, 0.29) is 23.6 Å². The van der Waals surface area contributed by atoms with Gasteiger partial charge in [0, 0.05) is 6.07 Å². The molecule has 1 saturated carbocycles. The summed E-state index contributed by atoms with van der Waals surface area (Å²) in [5, 5.41) is 9.41. The third-order valence-corrected chi connectivity index (χ3v) is 5.72. The van der Waals surface area contributed by atoms with Gasteiger partial charge in [-0.15, -0.1) is 19.6 Å². The van der Waals surface area contributed by atoms with Crippen LogP contribution in [0.4, 0.5) is 18.9 Å². The van der Waals surface area contributed by atoms with E-state index in [0.29, 0.717) is 6.42 Å². The van der Waals surface area contributed by atoms with Gasteiger partial charge in [-0.25, -0.2) is 4.79 Å². The molecule has 0 radical (unpaired) electrons. The predicted octanol–water partition coefficient (Wildman–Crippen LogP) is 5.92. The SMILES string of the molecule is C#CC(=O)N(c1cc(Cl)c(OC(F)(F)F)cc1Cl)C1(C(=O)O)CC(C)(C)CC(C)(C)C1. The average Bonchev–Trinajstić information content (AvgIpc) is 2.54. The van der Waals surface area contributed by atoms with E-state index in [1.54, 1.807) is 0 Å². The van der Waals surface area contributed by atoms with E-state index in [4.69, 9.17) is 29.6 Å². The lowest BCUT2D eigenvalue weighted by molar-refractivity contribution is -0.274. The molecular formula is C21H22Cl2F3NO4. The topological polar surface area (TPSA) is 66.8 Å². The minimum Gasteiger partial charge on any atom is -0.479 e. The van der Waals surface area contributed by atoms with Gasteiger partial charge < -0.3 is 9.84 Å². The normalized spacial score (nSPS) is 19.2. The lowest BCUT2D eigenvalue weighted by Crippen LogP contribution is -2.63. The number of hydrogen-bond donors (Lipinski definition) is 1. The van der Waals surface area contributed by atoms with E-state index >= 15 is 0 Å². The highest BCUT2D eigenvalue weighted by Crippen LogP contribution is 2.54. The van der Waals surface area contributed by atoms with E-state index in [9.17, 15) is 27.9 Å². The number of benzene rings is 1. The molecule has 2 rings (SSSR count). The molecule has 0 bridgehead atoms. The Bertz CT molecular complexity index is 935. The molecule has 31 heavy (non-hydrogen) atoms. The maximum Gasteiger partial charge on any atom is 0.573 e. The number of terminal acetylenes is 1. The van der Waals surface area contributed by atoms with Crippen molar-refractivity contribution in [3.05, 3.63) is 22.2 Å². The van der Waals surface area contributed by atoms with Crippen molar-refractivity contribution in [1.29, 1.82) is 0 Å². The summed E-state index contributed by atoms with van der Waals surface area (Å²) >= 11 is 12.1. The van der Waals surface area contributed by atoms with Crippen LogP contribution < -0.4 is 9.64 Å². The fraction of sp³-hybridized carbons (Fsp3) is 0.524. The number of alkyl halides is 3. The Morgan fingerprint density at radius 1 is 1.10 bits per heavy atom. The van der Waals surface area contributed by atoms with E-state index in [2.05, 4.69) is 4.74 Å². The summed E-state index contributed by atoms with van der Waals surface area (Å²) in [4.78, 5) is 26.3. The maximum atomic E-state index is 12.8. The van der Waals surface area contributed by atoms with Crippen molar-refractivity contribution in [3.63, 3.8) is 0 Å². The summed E-state index contributed by atoms with van der Waals surface area (Å²) in [6, 6.07) is 1.73. The number of anilines is 1. The van der Waals surface area contributed by atoms with Crippen molar-refractivity contribution in [1.82, 2.24) is 0 Å². The first-order chi connectivity index (χ1) is 13.9. The van der Waals surface area contributed by atoms with Crippen LogP contribution in [0.1, 0.15) is 47.0 Å². The molecule has 170 valence electrons. The van der Waals surface area contributed by atoms with Gasteiger partial charge in [-0.3, -0.25) is 9.69 Å². The fourth-order valence-corrected chi connectivity index (χ4v) is 5.40. The highest BCUT2D eigenvalue weighted by atomic mass is 35.5. The average molecular weight is 480 g/mol. The van der Waals surface area contributed by atoms with Gasteiger partial charge in [0.15, 0.2) is 0 Å². The predicted molar refractivity (Wildman–Crippen MR) is 111 cm³/mol. The zero-order chi connectivity index (χ0) is 24.0. The van der Waals surface area contributed by atoms with E-state index < -0.39 is 45.4 Å². The molecule has 0 spiro atoms. The summed E-state index contributed by atoms with van der Waals surface area (Å²) in [6.45, 7) is 7.50. The first kappa shape index (κ1) is 25.2. The molecule has 1 aliphatic carbocycles. The number of ether oxygens (including phenoxy) is 1. The molecule has 1 aromatic rings. The van der Waals surface area contributed by atoms with Crippen LogP contribution in [0.3, 0.4) is 0 Å². The van der Waals surface area contributed by atoms with E-state index in [1.165, 1.54) is 0 Å². The smallest absolute Gasteiger partial charge is 0.479 e. The van der Waals surface area contributed by atoms with Crippen LogP contribution in [-0.4, -0.2) is 28.9 Å². The van der Waals surface area contributed by atoms with Crippen LogP contribution in [0, 0.1) is 23.2 Å². The molecule has 1 aromatic carbocycles. The van der Waals surface area contributed by atoms with E-state index in [1.807, 2.05) is 33.6 Å². The second-order valence-electron chi connectivity index (χ2n) is 9.26. The van der Waals surface area contributed by atoms with Gasteiger partial charge in [-0.05, 0) is 42.1 Å². The standard InChI is InChI=1S/C21H22Cl2F3NO4/c1-6-16(28)27(14-7-13(23)15(8-12(14)22)31-21(24,25)26)20(17(29)30)10-18(2,3)9-19(4,5)11-20/h1,7-8H,9-11H2,2-5H3,(H,29,30). The van der Waals surface area contributed by atoms with Gasteiger partial charge in [0.05, 0.1) is 15.7 Å². The number of halogens is 5. The number of carbonyl (C=O) groups excluding carboxylic acids is 1. The molecule has 1 amide bonds. The number of carboxylic acids is 1. The molecule has 1 aliphatic rings. The summed E-state index contributed by atoms with van der Waals surface area (Å²) < 4.78 is 41.7. The van der Waals surface area contributed by atoms with Crippen LogP contribution in [0.25, 0.3) is 0 Å². The number of aliphatic carboxylic acids is 1. The number of carbonyl (C=O) groups is 2. The van der Waals surface area contributed by atoms with Crippen LogP contribution in [0.2, 0.25) is 10.0 Å². The number of carboxylic acid groups (broad SMARTS) is 1.